The molecular formula is C14H19ClN2O3. The molecule has 0 saturated carbocycles. The summed E-state index contributed by atoms with van der Waals surface area (Å²) in [6.45, 7) is 3.90. The van der Waals surface area contributed by atoms with Crippen molar-refractivity contribution in [2.45, 2.75) is 32.8 Å². The fourth-order valence-electron chi connectivity index (χ4n) is 1.58. The first-order valence-corrected chi connectivity index (χ1v) is 6.85. The Labute approximate surface area is 123 Å². The highest BCUT2D eigenvalue weighted by Crippen LogP contribution is 2.19. The largest absolute Gasteiger partial charge is 0.393 e. The molecule has 1 rings (SSSR count). The number of nitrogens with one attached hydrogen (secondary N) is 2. The van der Waals surface area contributed by atoms with Crippen LogP contribution in [0.2, 0.25) is 5.02 Å². The minimum absolute atomic E-state index is 0.265. The van der Waals surface area contributed by atoms with E-state index in [1.165, 1.54) is 0 Å². The molecule has 0 bridgehead atoms. The van der Waals surface area contributed by atoms with Crippen molar-refractivity contribution >= 4 is 29.1 Å². The van der Waals surface area contributed by atoms with Gasteiger partial charge in [0.05, 0.1) is 6.10 Å². The number of rotatable bonds is 5. The molecule has 5 nitrogen and oxygen atoms in total. The first-order chi connectivity index (χ1) is 9.43. The second kappa shape index (κ2) is 7.87. The molecule has 1 atom stereocenters. The number of aliphatic hydroxyl groups is 1. The first kappa shape index (κ1) is 16.5. The predicted octanol–water partition coefficient (Wildman–Crippen LogP) is 1.86. The van der Waals surface area contributed by atoms with Gasteiger partial charge in [-0.3, -0.25) is 9.59 Å². The molecule has 20 heavy (non-hydrogen) atoms. The maximum Gasteiger partial charge on any atom is 0.313 e. The van der Waals surface area contributed by atoms with Crippen molar-refractivity contribution in [1.29, 1.82) is 0 Å². The molecule has 2 amide bonds. The highest BCUT2D eigenvalue weighted by molar-refractivity contribution is 6.39. The van der Waals surface area contributed by atoms with Gasteiger partial charge in [-0.1, -0.05) is 18.5 Å². The van der Waals surface area contributed by atoms with Gasteiger partial charge in [-0.15, -0.1) is 0 Å². The van der Waals surface area contributed by atoms with Gasteiger partial charge in [0.15, 0.2) is 0 Å². The van der Waals surface area contributed by atoms with E-state index in [9.17, 15) is 14.7 Å². The quantitative estimate of drug-likeness (QED) is 0.726. The van der Waals surface area contributed by atoms with Crippen molar-refractivity contribution in [2.75, 3.05) is 11.9 Å². The van der Waals surface area contributed by atoms with Gasteiger partial charge in [0.2, 0.25) is 0 Å². The summed E-state index contributed by atoms with van der Waals surface area (Å²) in [6.07, 6.45) is 0.582. The Kier molecular flexibility index (Phi) is 6.48. The molecule has 110 valence electrons. The van der Waals surface area contributed by atoms with Crippen LogP contribution in [0, 0.1) is 6.92 Å². The summed E-state index contributed by atoms with van der Waals surface area (Å²) in [5.41, 5.74) is 1.32. The predicted molar refractivity (Wildman–Crippen MR) is 78.7 cm³/mol. The molecule has 6 heteroatoms. The van der Waals surface area contributed by atoms with E-state index in [0.717, 1.165) is 5.56 Å². The summed E-state index contributed by atoms with van der Waals surface area (Å²) in [4.78, 5) is 23.2. The molecule has 0 spiro atoms. The van der Waals surface area contributed by atoms with Crippen LogP contribution in [-0.2, 0) is 9.59 Å². The number of aryl methyl sites for hydroxylation is 1. The van der Waals surface area contributed by atoms with Gasteiger partial charge in [-0.25, -0.2) is 0 Å². The molecule has 3 N–H and O–H groups in total. The molecule has 0 aliphatic carbocycles. The molecule has 0 aliphatic heterocycles. The van der Waals surface area contributed by atoms with Crippen LogP contribution < -0.4 is 10.6 Å². The lowest BCUT2D eigenvalue weighted by atomic mass is 10.2. The van der Waals surface area contributed by atoms with Gasteiger partial charge < -0.3 is 15.7 Å². The van der Waals surface area contributed by atoms with Crippen molar-refractivity contribution in [3.05, 3.63) is 28.8 Å². The Morgan fingerprint density at radius 3 is 2.65 bits per heavy atom. The molecule has 1 aromatic carbocycles. The third-order valence-corrected chi connectivity index (χ3v) is 3.11. The Balaban J connectivity index is 2.47. The minimum atomic E-state index is -0.735. The summed E-state index contributed by atoms with van der Waals surface area (Å²) < 4.78 is 0. The van der Waals surface area contributed by atoms with Crippen LogP contribution in [0.1, 0.15) is 25.3 Å². The van der Waals surface area contributed by atoms with Gasteiger partial charge in [-0.2, -0.15) is 0 Å². The SMILES string of the molecule is CCC(O)CCNC(=O)C(=O)Nc1ccc(Cl)cc1C. The van der Waals surface area contributed by atoms with E-state index in [2.05, 4.69) is 10.6 Å². The number of benzene rings is 1. The molecule has 1 aromatic rings. The molecule has 0 saturated heterocycles. The topological polar surface area (TPSA) is 78.4 Å². The molecule has 0 fully saturated rings. The molecule has 0 aliphatic rings. The number of amides is 2. The summed E-state index contributed by atoms with van der Waals surface area (Å²) in [6, 6.07) is 4.98. The molecular weight excluding hydrogens is 280 g/mol. The van der Waals surface area contributed by atoms with Crippen LogP contribution in [-0.4, -0.2) is 29.6 Å². The summed E-state index contributed by atoms with van der Waals surface area (Å²) in [7, 11) is 0. The minimum Gasteiger partial charge on any atom is -0.393 e. The van der Waals surface area contributed by atoms with E-state index in [0.29, 0.717) is 23.6 Å². The van der Waals surface area contributed by atoms with Crippen molar-refractivity contribution < 1.29 is 14.7 Å². The number of carbonyl (C=O) groups excluding carboxylic acids is 2. The van der Waals surface area contributed by atoms with Gasteiger partial charge in [0.1, 0.15) is 0 Å². The molecule has 0 heterocycles. The van der Waals surface area contributed by atoms with Gasteiger partial charge in [0.25, 0.3) is 0 Å². The summed E-state index contributed by atoms with van der Waals surface area (Å²) in [5, 5.41) is 14.9. The van der Waals surface area contributed by atoms with E-state index in [1.807, 2.05) is 6.92 Å². The lowest BCUT2D eigenvalue weighted by molar-refractivity contribution is -0.136. The van der Waals surface area contributed by atoms with E-state index < -0.39 is 17.9 Å². The lowest BCUT2D eigenvalue weighted by Gasteiger charge is -2.10. The standard InChI is InChI=1S/C14H19ClN2O3/c1-3-11(18)6-7-16-13(19)14(20)17-12-5-4-10(15)8-9(12)2/h4-5,8,11,18H,3,6-7H2,1-2H3,(H,16,19)(H,17,20). The van der Waals surface area contributed by atoms with Crippen LogP contribution in [0.25, 0.3) is 0 Å². The van der Waals surface area contributed by atoms with E-state index >= 15 is 0 Å². The Morgan fingerprint density at radius 2 is 2.05 bits per heavy atom. The smallest absolute Gasteiger partial charge is 0.313 e. The molecule has 0 radical (unpaired) electrons. The summed E-state index contributed by atoms with van der Waals surface area (Å²) >= 11 is 5.81. The van der Waals surface area contributed by atoms with Gasteiger partial charge >= 0.3 is 11.8 Å². The number of hydrogen-bond donors (Lipinski definition) is 3. The van der Waals surface area contributed by atoms with Crippen LogP contribution in [0.3, 0.4) is 0 Å². The number of hydrogen-bond acceptors (Lipinski definition) is 3. The first-order valence-electron chi connectivity index (χ1n) is 6.47. The molecule has 1 unspecified atom stereocenters. The van der Waals surface area contributed by atoms with Crippen molar-refractivity contribution in [1.82, 2.24) is 5.32 Å². The van der Waals surface area contributed by atoms with Crippen LogP contribution in [0.4, 0.5) is 5.69 Å². The Morgan fingerprint density at radius 1 is 1.35 bits per heavy atom. The summed E-state index contributed by atoms with van der Waals surface area (Å²) in [5.74, 6) is -1.45. The zero-order chi connectivity index (χ0) is 15.1. The maximum atomic E-state index is 11.7. The average molecular weight is 299 g/mol. The fraction of sp³-hybridized carbons (Fsp3) is 0.429. The highest BCUT2D eigenvalue weighted by Gasteiger charge is 2.14. The zero-order valence-corrected chi connectivity index (χ0v) is 12.3. The monoisotopic (exact) mass is 298 g/mol. The highest BCUT2D eigenvalue weighted by atomic mass is 35.5. The van der Waals surface area contributed by atoms with Crippen molar-refractivity contribution in [2.24, 2.45) is 0 Å². The van der Waals surface area contributed by atoms with E-state index in [4.69, 9.17) is 11.6 Å². The second-order valence-corrected chi connectivity index (χ2v) is 4.96. The Bertz CT molecular complexity index is 491. The van der Waals surface area contributed by atoms with Gasteiger partial charge in [-0.05, 0) is 43.5 Å². The maximum absolute atomic E-state index is 11.7. The normalized spacial score (nSPS) is 11.8. The lowest BCUT2D eigenvalue weighted by Crippen LogP contribution is -2.36. The van der Waals surface area contributed by atoms with Crippen LogP contribution >= 0.6 is 11.6 Å². The van der Waals surface area contributed by atoms with E-state index in [-0.39, 0.29) is 6.54 Å². The van der Waals surface area contributed by atoms with Crippen LogP contribution in [0.5, 0.6) is 0 Å². The number of aliphatic hydroxyl groups excluding tert-OH is 1. The fourth-order valence-corrected chi connectivity index (χ4v) is 1.81. The third kappa shape index (κ3) is 5.19. The van der Waals surface area contributed by atoms with Crippen LogP contribution in [0.15, 0.2) is 18.2 Å². The number of halogens is 1. The number of anilines is 1. The molecule has 0 aromatic heterocycles. The Hall–Kier alpha value is -1.59. The number of carbonyl (C=O) groups is 2. The third-order valence-electron chi connectivity index (χ3n) is 2.88. The van der Waals surface area contributed by atoms with Crippen molar-refractivity contribution in [3.63, 3.8) is 0 Å². The zero-order valence-electron chi connectivity index (χ0n) is 11.6. The van der Waals surface area contributed by atoms with Gasteiger partial charge in [0, 0.05) is 17.3 Å². The second-order valence-electron chi connectivity index (χ2n) is 4.52. The van der Waals surface area contributed by atoms with Crippen molar-refractivity contribution in [3.8, 4) is 0 Å². The average Bonchev–Trinajstić information content (AvgIpc) is 2.41. The van der Waals surface area contributed by atoms with E-state index in [1.54, 1.807) is 25.1 Å².